The topological polar surface area (TPSA) is 80.5 Å². The van der Waals surface area contributed by atoms with Gasteiger partial charge in [0, 0.05) is 13.1 Å². The number of aromatic carboxylic acids is 1. The molecule has 1 aliphatic heterocycles. The van der Waals surface area contributed by atoms with Crippen LogP contribution in [0.25, 0.3) is 5.69 Å². The van der Waals surface area contributed by atoms with Gasteiger partial charge in [0.2, 0.25) is 5.69 Å². The Morgan fingerprint density at radius 1 is 1.09 bits per heavy atom. The van der Waals surface area contributed by atoms with Crippen molar-refractivity contribution in [3.63, 3.8) is 0 Å². The van der Waals surface area contributed by atoms with Crippen molar-refractivity contribution in [1.29, 1.82) is 0 Å². The van der Waals surface area contributed by atoms with E-state index in [1.807, 2.05) is 4.90 Å². The highest BCUT2D eigenvalue weighted by molar-refractivity contribution is 5.91. The summed E-state index contributed by atoms with van der Waals surface area (Å²) in [5, 5.41) is 18.0. The van der Waals surface area contributed by atoms with Gasteiger partial charge in [0.15, 0.2) is 5.82 Å². The molecule has 0 bridgehead atoms. The van der Waals surface area contributed by atoms with Crippen LogP contribution in [0.3, 0.4) is 0 Å². The standard InChI is InChI=1S/C16H20N4O3/c1-23-13-8-6-12(7-9-13)20-17-14(16(21)22)15(18-20)19-10-4-2-3-5-11-19/h6-9H,2-5,10-11H2,1H3,(H,21,22). The van der Waals surface area contributed by atoms with E-state index in [1.54, 1.807) is 31.4 Å². The van der Waals surface area contributed by atoms with Gasteiger partial charge in [0.25, 0.3) is 0 Å². The third kappa shape index (κ3) is 3.28. The van der Waals surface area contributed by atoms with Crippen molar-refractivity contribution < 1.29 is 14.6 Å². The minimum atomic E-state index is -1.05. The van der Waals surface area contributed by atoms with Crippen LogP contribution >= 0.6 is 0 Å². The fraction of sp³-hybridized carbons (Fsp3) is 0.438. The highest BCUT2D eigenvalue weighted by atomic mass is 16.5. The zero-order chi connectivity index (χ0) is 16.2. The van der Waals surface area contributed by atoms with Gasteiger partial charge in [-0.3, -0.25) is 0 Å². The first-order valence-electron chi connectivity index (χ1n) is 7.79. The molecule has 1 N–H and O–H groups in total. The third-order valence-electron chi connectivity index (χ3n) is 4.01. The van der Waals surface area contributed by atoms with Gasteiger partial charge in [0.1, 0.15) is 5.75 Å². The van der Waals surface area contributed by atoms with E-state index in [1.165, 1.54) is 17.6 Å². The fourth-order valence-corrected chi connectivity index (χ4v) is 2.76. The summed E-state index contributed by atoms with van der Waals surface area (Å²) in [5.74, 6) is 0.131. The molecule has 0 unspecified atom stereocenters. The first-order valence-corrected chi connectivity index (χ1v) is 7.79. The van der Waals surface area contributed by atoms with Crippen LogP contribution in [0, 0.1) is 0 Å². The van der Waals surface area contributed by atoms with E-state index in [0.717, 1.165) is 31.7 Å². The Labute approximate surface area is 134 Å². The number of anilines is 1. The molecule has 1 aromatic carbocycles. The summed E-state index contributed by atoms with van der Waals surface area (Å²) in [7, 11) is 1.60. The fourth-order valence-electron chi connectivity index (χ4n) is 2.76. The number of carbonyl (C=O) groups is 1. The van der Waals surface area contributed by atoms with Gasteiger partial charge in [-0.1, -0.05) is 12.8 Å². The SMILES string of the molecule is COc1ccc(-n2nc(C(=O)O)c(N3CCCCCC3)n2)cc1. The molecule has 1 aromatic heterocycles. The zero-order valence-corrected chi connectivity index (χ0v) is 13.1. The second-order valence-corrected chi connectivity index (χ2v) is 5.57. The smallest absolute Gasteiger partial charge is 0.360 e. The van der Waals surface area contributed by atoms with E-state index in [-0.39, 0.29) is 5.69 Å². The molecule has 23 heavy (non-hydrogen) atoms. The Kier molecular flexibility index (Phi) is 4.45. The highest BCUT2D eigenvalue weighted by Crippen LogP contribution is 2.22. The largest absolute Gasteiger partial charge is 0.497 e. The van der Waals surface area contributed by atoms with Crippen molar-refractivity contribution in [2.24, 2.45) is 0 Å². The van der Waals surface area contributed by atoms with Gasteiger partial charge in [0.05, 0.1) is 12.8 Å². The molecule has 0 spiro atoms. The maximum Gasteiger partial charge on any atom is 0.360 e. The van der Waals surface area contributed by atoms with Crippen LogP contribution in [0.4, 0.5) is 5.82 Å². The van der Waals surface area contributed by atoms with E-state index >= 15 is 0 Å². The molecule has 0 amide bonds. The number of ether oxygens (including phenoxy) is 1. The predicted octanol–water partition coefficient (Wildman–Crippen LogP) is 2.35. The lowest BCUT2D eigenvalue weighted by atomic mass is 10.2. The molecular formula is C16H20N4O3. The second kappa shape index (κ2) is 6.68. The van der Waals surface area contributed by atoms with E-state index in [9.17, 15) is 9.90 Å². The molecule has 1 aliphatic rings. The molecule has 2 heterocycles. The Balaban J connectivity index is 1.95. The van der Waals surface area contributed by atoms with E-state index in [2.05, 4.69) is 10.2 Å². The van der Waals surface area contributed by atoms with Gasteiger partial charge < -0.3 is 14.7 Å². The first kappa shape index (κ1) is 15.3. The zero-order valence-electron chi connectivity index (χ0n) is 13.1. The predicted molar refractivity (Wildman–Crippen MR) is 85.6 cm³/mol. The van der Waals surface area contributed by atoms with E-state index in [0.29, 0.717) is 11.5 Å². The van der Waals surface area contributed by atoms with E-state index in [4.69, 9.17) is 4.74 Å². The summed E-state index contributed by atoms with van der Waals surface area (Å²) in [4.78, 5) is 14.9. The van der Waals surface area contributed by atoms with Crippen molar-refractivity contribution in [1.82, 2.24) is 15.0 Å². The lowest BCUT2D eigenvalue weighted by Gasteiger charge is -2.19. The number of carboxylic acid groups (broad SMARTS) is 1. The number of hydrogen-bond acceptors (Lipinski definition) is 5. The molecule has 1 saturated heterocycles. The van der Waals surface area contributed by atoms with Crippen molar-refractivity contribution in [2.75, 3.05) is 25.1 Å². The summed E-state index contributed by atoms with van der Waals surface area (Å²) < 4.78 is 5.13. The van der Waals surface area contributed by atoms with Crippen LogP contribution in [0.1, 0.15) is 36.2 Å². The number of hydrogen-bond donors (Lipinski definition) is 1. The number of benzene rings is 1. The molecule has 7 nitrogen and oxygen atoms in total. The van der Waals surface area contributed by atoms with E-state index < -0.39 is 5.97 Å². The maximum absolute atomic E-state index is 11.5. The van der Waals surface area contributed by atoms with Crippen LogP contribution in [0.15, 0.2) is 24.3 Å². The Morgan fingerprint density at radius 2 is 1.74 bits per heavy atom. The normalized spacial score (nSPS) is 15.3. The van der Waals surface area contributed by atoms with Gasteiger partial charge in [-0.2, -0.15) is 0 Å². The average Bonchev–Trinajstić information content (AvgIpc) is 2.84. The maximum atomic E-state index is 11.5. The molecule has 7 heteroatoms. The van der Waals surface area contributed by atoms with Crippen molar-refractivity contribution in [3.05, 3.63) is 30.0 Å². The number of rotatable bonds is 4. The van der Waals surface area contributed by atoms with Crippen LogP contribution in [0.5, 0.6) is 5.75 Å². The summed E-state index contributed by atoms with van der Waals surface area (Å²) in [6.45, 7) is 1.64. The van der Waals surface area contributed by atoms with Gasteiger partial charge >= 0.3 is 5.97 Å². The van der Waals surface area contributed by atoms with Gasteiger partial charge in [-0.15, -0.1) is 15.0 Å². The number of methoxy groups -OCH3 is 1. The minimum absolute atomic E-state index is 0.00252. The summed E-state index contributed by atoms with van der Waals surface area (Å²) >= 11 is 0. The summed E-state index contributed by atoms with van der Waals surface area (Å²) in [6.07, 6.45) is 4.44. The van der Waals surface area contributed by atoms with Crippen LogP contribution in [0.2, 0.25) is 0 Å². The molecule has 2 aromatic rings. The average molecular weight is 316 g/mol. The summed E-state index contributed by atoms with van der Waals surface area (Å²) in [6, 6.07) is 7.20. The van der Waals surface area contributed by atoms with Crippen LogP contribution in [-0.2, 0) is 0 Å². The van der Waals surface area contributed by atoms with Crippen molar-refractivity contribution in [2.45, 2.75) is 25.7 Å². The highest BCUT2D eigenvalue weighted by Gasteiger charge is 2.24. The Bertz CT molecular complexity index is 673. The molecule has 1 fully saturated rings. The summed E-state index contributed by atoms with van der Waals surface area (Å²) in [5.41, 5.74) is 0.706. The quantitative estimate of drug-likeness (QED) is 0.932. The molecule has 0 aliphatic carbocycles. The number of carboxylic acids is 1. The van der Waals surface area contributed by atoms with Gasteiger partial charge in [-0.25, -0.2) is 4.79 Å². The lowest BCUT2D eigenvalue weighted by molar-refractivity contribution is 0.0690. The van der Waals surface area contributed by atoms with Crippen LogP contribution in [-0.4, -0.2) is 46.3 Å². The second-order valence-electron chi connectivity index (χ2n) is 5.57. The molecule has 0 saturated carbocycles. The first-order chi connectivity index (χ1) is 11.2. The Hall–Kier alpha value is -2.57. The third-order valence-corrected chi connectivity index (χ3v) is 4.01. The molecule has 3 rings (SSSR count). The van der Waals surface area contributed by atoms with Crippen LogP contribution < -0.4 is 9.64 Å². The minimum Gasteiger partial charge on any atom is -0.497 e. The molecular weight excluding hydrogens is 296 g/mol. The molecule has 0 atom stereocenters. The number of nitrogens with zero attached hydrogens (tertiary/aromatic N) is 4. The van der Waals surface area contributed by atoms with Crippen molar-refractivity contribution in [3.8, 4) is 11.4 Å². The van der Waals surface area contributed by atoms with Gasteiger partial charge in [-0.05, 0) is 37.1 Å². The monoisotopic (exact) mass is 316 g/mol. The molecule has 122 valence electrons. The van der Waals surface area contributed by atoms with Crippen molar-refractivity contribution >= 4 is 11.8 Å². The lowest BCUT2D eigenvalue weighted by Crippen LogP contribution is -2.26. The number of aromatic nitrogens is 3. The molecule has 0 radical (unpaired) electrons. The Morgan fingerprint density at radius 3 is 2.30 bits per heavy atom.